The molecule has 0 spiro atoms. The molecule has 0 radical (unpaired) electrons. The summed E-state index contributed by atoms with van der Waals surface area (Å²) in [5.74, 6) is -0.673. The monoisotopic (exact) mass is 329 g/mol. The number of hydrazine groups is 1. The van der Waals surface area contributed by atoms with Crippen molar-refractivity contribution < 1.29 is 23.2 Å². The van der Waals surface area contributed by atoms with Crippen molar-refractivity contribution in [1.82, 2.24) is 10.9 Å². The Hall–Kier alpha value is -1.89. The van der Waals surface area contributed by atoms with Gasteiger partial charge in [-0.3, -0.25) is 14.8 Å². The summed E-state index contributed by atoms with van der Waals surface area (Å²) >= 11 is 0. The number of urea groups is 1. The van der Waals surface area contributed by atoms with Gasteiger partial charge in [0.1, 0.15) is 6.16 Å². The number of para-hydroxylation sites is 1. The summed E-state index contributed by atoms with van der Waals surface area (Å²) in [7, 11) is -3.49. The topological polar surface area (TPSA) is 106 Å². The highest BCUT2D eigenvalue weighted by molar-refractivity contribution is 7.54. The van der Waals surface area contributed by atoms with E-state index in [1.54, 1.807) is 38.1 Å². The first-order valence-corrected chi connectivity index (χ1v) is 8.51. The summed E-state index contributed by atoms with van der Waals surface area (Å²) in [6.45, 7) is 3.61. The van der Waals surface area contributed by atoms with E-state index in [0.717, 1.165) is 0 Å². The Labute approximate surface area is 129 Å². The van der Waals surface area contributed by atoms with Crippen LogP contribution in [0.3, 0.4) is 0 Å². The van der Waals surface area contributed by atoms with E-state index in [4.69, 9.17) is 9.05 Å². The summed E-state index contributed by atoms with van der Waals surface area (Å²) in [5.41, 5.74) is 4.87. The fourth-order valence-electron chi connectivity index (χ4n) is 1.55. The van der Waals surface area contributed by atoms with E-state index in [1.165, 1.54) is 0 Å². The lowest BCUT2D eigenvalue weighted by Crippen LogP contribution is -2.45. The van der Waals surface area contributed by atoms with E-state index >= 15 is 0 Å². The highest BCUT2D eigenvalue weighted by Crippen LogP contribution is 2.47. The SMILES string of the molecule is CCOP(=O)(CC(=O)NNC(=O)Nc1ccccc1)OCC. The van der Waals surface area contributed by atoms with Crippen LogP contribution >= 0.6 is 7.60 Å². The van der Waals surface area contributed by atoms with Gasteiger partial charge >= 0.3 is 13.6 Å². The van der Waals surface area contributed by atoms with Crippen molar-refractivity contribution in [3.63, 3.8) is 0 Å². The van der Waals surface area contributed by atoms with Crippen LogP contribution in [0.2, 0.25) is 0 Å². The lowest BCUT2D eigenvalue weighted by molar-refractivity contribution is -0.119. The minimum absolute atomic E-state index is 0.159. The first-order chi connectivity index (χ1) is 10.5. The normalized spacial score (nSPS) is 10.8. The first kappa shape index (κ1) is 18.2. The molecule has 0 aliphatic rings. The van der Waals surface area contributed by atoms with Crippen molar-refractivity contribution >= 4 is 25.2 Å². The minimum atomic E-state index is -3.49. The third-order valence-corrected chi connectivity index (χ3v) is 4.31. The van der Waals surface area contributed by atoms with Gasteiger partial charge in [-0.15, -0.1) is 0 Å². The highest BCUT2D eigenvalue weighted by Gasteiger charge is 2.27. The first-order valence-electron chi connectivity index (χ1n) is 6.78. The maximum absolute atomic E-state index is 12.1. The number of carbonyl (C=O) groups excluding carboxylic acids is 2. The van der Waals surface area contributed by atoms with Crippen LogP contribution in [0.1, 0.15) is 13.8 Å². The van der Waals surface area contributed by atoms with Gasteiger partial charge in [-0.05, 0) is 26.0 Å². The van der Waals surface area contributed by atoms with Crippen molar-refractivity contribution in [2.24, 2.45) is 0 Å². The van der Waals surface area contributed by atoms with Gasteiger partial charge in [-0.1, -0.05) is 18.2 Å². The quantitative estimate of drug-likeness (QED) is 0.525. The van der Waals surface area contributed by atoms with Crippen molar-refractivity contribution in [2.75, 3.05) is 24.7 Å². The van der Waals surface area contributed by atoms with Crippen molar-refractivity contribution in [1.29, 1.82) is 0 Å². The standard InChI is InChI=1S/C13H20N3O5P/c1-3-20-22(19,21-4-2)10-12(17)15-16-13(18)14-11-8-6-5-7-9-11/h5-9H,3-4,10H2,1-2H3,(H,15,17)(H2,14,16,18). The predicted octanol–water partition coefficient (Wildman–Crippen LogP) is 2.11. The van der Waals surface area contributed by atoms with Gasteiger partial charge in [0, 0.05) is 5.69 Å². The van der Waals surface area contributed by atoms with Crippen LogP contribution in [0, 0.1) is 0 Å². The van der Waals surface area contributed by atoms with E-state index < -0.39 is 25.7 Å². The molecule has 0 saturated carbocycles. The molecule has 0 bridgehead atoms. The number of hydrogen-bond acceptors (Lipinski definition) is 5. The van der Waals surface area contributed by atoms with Crippen LogP contribution in [0.15, 0.2) is 30.3 Å². The van der Waals surface area contributed by atoms with Crippen LogP contribution in [0.25, 0.3) is 0 Å². The molecule has 3 amide bonds. The molecule has 8 nitrogen and oxygen atoms in total. The maximum Gasteiger partial charge on any atom is 0.340 e. The van der Waals surface area contributed by atoms with E-state index in [-0.39, 0.29) is 13.2 Å². The molecule has 1 rings (SSSR count). The molecule has 3 N–H and O–H groups in total. The fourth-order valence-corrected chi connectivity index (χ4v) is 3.02. The number of anilines is 1. The number of carbonyl (C=O) groups is 2. The lowest BCUT2D eigenvalue weighted by atomic mass is 10.3. The van der Waals surface area contributed by atoms with Crippen LogP contribution in [-0.2, 0) is 18.4 Å². The molecule has 1 aromatic carbocycles. The van der Waals surface area contributed by atoms with Crippen molar-refractivity contribution in [2.45, 2.75) is 13.8 Å². The second kappa shape index (κ2) is 9.19. The molecule has 0 heterocycles. The Morgan fingerprint density at radius 1 is 1.05 bits per heavy atom. The van der Waals surface area contributed by atoms with Crippen molar-refractivity contribution in [3.05, 3.63) is 30.3 Å². The number of nitrogens with one attached hydrogen (secondary N) is 3. The number of benzene rings is 1. The summed E-state index contributed by atoms with van der Waals surface area (Å²) in [6, 6.07) is 8.09. The largest absolute Gasteiger partial charge is 0.340 e. The molecule has 0 fully saturated rings. The summed E-state index contributed by atoms with van der Waals surface area (Å²) in [5, 5.41) is 2.51. The average Bonchev–Trinajstić information content (AvgIpc) is 2.46. The molecule has 0 atom stereocenters. The van der Waals surface area contributed by atoms with Crippen LogP contribution in [0.4, 0.5) is 10.5 Å². The van der Waals surface area contributed by atoms with Gasteiger partial charge in [0.15, 0.2) is 0 Å². The Kier molecular flexibility index (Phi) is 7.59. The number of amides is 3. The number of rotatable bonds is 7. The van der Waals surface area contributed by atoms with Gasteiger partial charge in [-0.25, -0.2) is 10.2 Å². The fraction of sp³-hybridized carbons (Fsp3) is 0.385. The zero-order chi connectivity index (χ0) is 16.4. The van der Waals surface area contributed by atoms with Gasteiger partial charge in [0.05, 0.1) is 13.2 Å². The van der Waals surface area contributed by atoms with E-state index in [0.29, 0.717) is 5.69 Å². The van der Waals surface area contributed by atoms with E-state index in [1.807, 2.05) is 6.07 Å². The van der Waals surface area contributed by atoms with Gasteiger partial charge in [0.25, 0.3) is 5.91 Å². The molecule has 0 aromatic heterocycles. The smallest absolute Gasteiger partial charge is 0.309 e. The molecule has 0 saturated heterocycles. The van der Waals surface area contributed by atoms with Crippen LogP contribution < -0.4 is 16.2 Å². The summed E-state index contributed by atoms with van der Waals surface area (Å²) in [6.07, 6.45) is -0.472. The second-order valence-electron chi connectivity index (χ2n) is 4.10. The molecule has 22 heavy (non-hydrogen) atoms. The molecule has 122 valence electrons. The Balaban J connectivity index is 2.41. The Bertz CT molecular complexity index is 528. The average molecular weight is 329 g/mol. The third-order valence-electron chi connectivity index (χ3n) is 2.34. The minimum Gasteiger partial charge on any atom is -0.309 e. The molecule has 1 aromatic rings. The molecule has 0 unspecified atom stereocenters. The Morgan fingerprint density at radius 2 is 1.64 bits per heavy atom. The zero-order valence-electron chi connectivity index (χ0n) is 12.5. The highest BCUT2D eigenvalue weighted by atomic mass is 31.2. The van der Waals surface area contributed by atoms with Crippen molar-refractivity contribution in [3.8, 4) is 0 Å². The molecular formula is C13H20N3O5P. The summed E-state index contributed by atoms with van der Waals surface area (Å²) < 4.78 is 22.1. The summed E-state index contributed by atoms with van der Waals surface area (Å²) in [4.78, 5) is 23.2. The van der Waals surface area contributed by atoms with E-state index in [2.05, 4.69) is 16.2 Å². The van der Waals surface area contributed by atoms with E-state index in [9.17, 15) is 14.2 Å². The predicted molar refractivity (Wildman–Crippen MR) is 82.5 cm³/mol. The molecule has 9 heteroatoms. The van der Waals surface area contributed by atoms with Gasteiger partial charge in [0.2, 0.25) is 0 Å². The molecular weight excluding hydrogens is 309 g/mol. The second-order valence-corrected chi connectivity index (χ2v) is 6.15. The molecule has 0 aliphatic carbocycles. The van der Waals surface area contributed by atoms with Gasteiger partial charge < -0.3 is 14.4 Å². The van der Waals surface area contributed by atoms with Crippen LogP contribution in [0.5, 0.6) is 0 Å². The van der Waals surface area contributed by atoms with Gasteiger partial charge in [-0.2, -0.15) is 0 Å². The maximum atomic E-state index is 12.1. The lowest BCUT2D eigenvalue weighted by Gasteiger charge is -2.16. The number of hydrogen-bond donors (Lipinski definition) is 3. The third kappa shape index (κ3) is 6.71. The molecule has 0 aliphatic heterocycles. The van der Waals surface area contributed by atoms with Crippen LogP contribution in [-0.4, -0.2) is 31.3 Å². The zero-order valence-corrected chi connectivity index (χ0v) is 13.4. The Morgan fingerprint density at radius 3 is 2.18 bits per heavy atom.